The second-order valence-electron chi connectivity index (χ2n) is 10.9. The Kier molecular flexibility index (Phi) is 11.9. The summed E-state index contributed by atoms with van der Waals surface area (Å²) in [5.74, 6) is -1.20. The summed E-state index contributed by atoms with van der Waals surface area (Å²) in [5, 5.41) is 42.1. The van der Waals surface area contributed by atoms with E-state index in [2.05, 4.69) is 25.8 Å². The molecule has 0 spiro atoms. The molecule has 0 bridgehead atoms. The van der Waals surface area contributed by atoms with Crippen LogP contribution in [0, 0.1) is 6.92 Å². The summed E-state index contributed by atoms with van der Waals surface area (Å²) in [5.41, 5.74) is 1.25. The van der Waals surface area contributed by atoms with Crippen molar-refractivity contribution in [2.45, 2.75) is 11.8 Å². The number of anilines is 2. The third-order valence-corrected chi connectivity index (χ3v) is 8.95. The molecule has 0 heterocycles. The summed E-state index contributed by atoms with van der Waals surface area (Å²) in [6, 6.07) is 24.8. The molecule has 6 aromatic carbocycles. The number of aromatic hydroxyl groups is 2. The molecule has 0 saturated carbocycles. The second-order valence-corrected chi connectivity index (χ2v) is 13.5. The first-order valence-electron chi connectivity index (χ1n) is 14.7. The molecule has 0 aliphatic heterocycles. The average Bonchev–Trinajstić information content (AvgIpc) is 3.08. The van der Waals surface area contributed by atoms with Gasteiger partial charge in [0.05, 0.1) is 11.4 Å². The minimum Gasteiger partial charge on any atom is -0.506 e. The van der Waals surface area contributed by atoms with Crippen molar-refractivity contribution >= 4 is 88.5 Å². The maximum Gasteiger partial charge on any atom is 0.357 e. The van der Waals surface area contributed by atoms with Crippen LogP contribution in [0.5, 0.6) is 23.0 Å². The van der Waals surface area contributed by atoms with Gasteiger partial charge < -0.3 is 23.9 Å². The van der Waals surface area contributed by atoms with E-state index in [1.54, 1.807) is 25.1 Å². The van der Waals surface area contributed by atoms with Crippen LogP contribution >= 0.6 is 0 Å². The van der Waals surface area contributed by atoms with E-state index in [0.717, 1.165) is 11.8 Å². The van der Waals surface area contributed by atoms with Crippen molar-refractivity contribution in [3.63, 3.8) is 0 Å². The molecule has 16 nitrogen and oxygen atoms in total. The number of aryl methyl sites for hydroxylation is 1. The molecule has 2 atom stereocenters. The van der Waals surface area contributed by atoms with Crippen molar-refractivity contribution in [2.75, 3.05) is 5.32 Å². The van der Waals surface area contributed by atoms with Gasteiger partial charge in [0.1, 0.15) is 22.0 Å². The minimum atomic E-state index is -4.91. The Labute approximate surface area is 316 Å². The average molecular weight is 827 g/mol. The Balaban J connectivity index is 0.00000541. The smallest absolute Gasteiger partial charge is 0.357 e. The van der Waals surface area contributed by atoms with Crippen LogP contribution in [0.4, 0.5) is 34.1 Å². The number of nitrogens with zero attached hydrogens (tertiary/aromatic N) is 4. The molecule has 0 aliphatic rings. The van der Waals surface area contributed by atoms with Crippen LogP contribution in [0.1, 0.15) is 5.56 Å². The first kappa shape index (κ1) is 38.9. The van der Waals surface area contributed by atoms with Gasteiger partial charge in [-0.05, 0) is 72.5 Å². The number of fused-ring (bicyclic) bond motifs is 2. The van der Waals surface area contributed by atoms with Gasteiger partial charge in [0.15, 0.2) is 17.2 Å². The second kappa shape index (κ2) is 16.1. The molecule has 0 amide bonds. The monoisotopic (exact) mass is 826 g/mol. The van der Waals surface area contributed by atoms with Crippen molar-refractivity contribution in [3.8, 4) is 23.0 Å². The fourth-order valence-electron chi connectivity index (χ4n) is 5.15. The van der Waals surface area contributed by atoms with E-state index < -0.39 is 54.9 Å². The topological polar surface area (TPSA) is 249 Å². The molecule has 53 heavy (non-hydrogen) atoms. The van der Waals surface area contributed by atoms with Crippen molar-refractivity contribution in [2.24, 2.45) is 20.5 Å². The van der Waals surface area contributed by atoms with Crippen LogP contribution in [-0.2, 0) is 49.9 Å². The number of benzene rings is 6. The maximum absolute atomic E-state index is 12.4. The van der Waals surface area contributed by atoms with Crippen molar-refractivity contribution in [3.05, 3.63) is 103 Å². The van der Waals surface area contributed by atoms with Gasteiger partial charge in [-0.25, -0.2) is 0 Å². The summed E-state index contributed by atoms with van der Waals surface area (Å²) in [6.07, 6.45) is 0. The number of hydrogen-bond acceptors (Lipinski definition) is 13. The van der Waals surface area contributed by atoms with E-state index in [9.17, 15) is 40.7 Å². The third-order valence-electron chi connectivity index (χ3n) is 7.44. The van der Waals surface area contributed by atoms with E-state index >= 15 is 0 Å². The molecule has 277 valence electrons. The molecular weight excluding hydrogens is 802 g/mol. The van der Waals surface area contributed by atoms with E-state index in [-0.39, 0.29) is 67.2 Å². The predicted molar refractivity (Wildman–Crippen MR) is 193 cm³/mol. The van der Waals surface area contributed by atoms with Crippen LogP contribution in [0.25, 0.3) is 21.5 Å². The van der Waals surface area contributed by atoms with Crippen LogP contribution in [-0.4, -0.2) is 40.7 Å². The Morgan fingerprint density at radius 2 is 1.38 bits per heavy atom. The van der Waals surface area contributed by atoms with E-state index in [1.165, 1.54) is 42.5 Å². The van der Waals surface area contributed by atoms with Gasteiger partial charge in [-0.1, -0.05) is 30.3 Å². The van der Waals surface area contributed by atoms with Gasteiger partial charge in [0.2, 0.25) is 0 Å². The number of azo groups is 2. The molecule has 6 aromatic rings. The first-order chi connectivity index (χ1) is 24.8. The fraction of sp³-hybridized carbons (Fsp3) is 0.0303. The standard InChI is InChI=1S/C33H25N5O11S3.Cu/c1-18-12-27(28(39)17-26(18)36-35-22-15-25-24(30(16-22)49-51(43)44)8-5-9-29(25)48-50(41)42)37-38-32-31(52(45,46)47)14-19-13-21(10-11-23(19)33(32)40)34-20-6-3-2-4-7-20;/h2-17,34,39-40H,1H3,(H,41,42)(H,43,44)(H,45,46,47);. The van der Waals surface area contributed by atoms with E-state index in [0.29, 0.717) is 11.3 Å². The van der Waals surface area contributed by atoms with E-state index in [1.807, 2.05) is 30.3 Å². The summed E-state index contributed by atoms with van der Waals surface area (Å²) in [6.45, 7) is 1.59. The number of nitrogens with one attached hydrogen (secondary N) is 1. The van der Waals surface area contributed by atoms with Gasteiger partial charge in [0.25, 0.3) is 10.1 Å². The quantitative estimate of drug-likeness (QED) is 0.0311. The van der Waals surface area contributed by atoms with Gasteiger partial charge in [0, 0.05) is 56.7 Å². The summed E-state index contributed by atoms with van der Waals surface area (Å²) in [7, 11) is -4.91. The summed E-state index contributed by atoms with van der Waals surface area (Å²) < 4.78 is 86.1. The Hall–Kier alpha value is -5.31. The van der Waals surface area contributed by atoms with Gasteiger partial charge in [-0.3, -0.25) is 13.7 Å². The van der Waals surface area contributed by atoms with Gasteiger partial charge in [-0.15, -0.1) is 10.2 Å². The number of phenols is 2. The molecule has 1 radical (unpaired) electrons. The van der Waals surface area contributed by atoms with Gasteiger partial charge in [-0.2, -0.15) is 27.1 Å². The third kappa shape index (κ3) is 9.02. The molecule has 6 N–H and O–H groups in total. The fourth-order valence-corrected chi connectivity index (χ4v) is 6.39. The molecule has 0 fully saturated rings. The van der Waals surface area contributed by atoms with Crippen molar-refractivity contribution < 1.29 is 66.1 Å². The number of rotatable bonds is 11. The number of phenolic OH excluding ortho intramolecular Hbond substituents is 2. The molecule has 6 rings (SSSR count). The molecule has 0 aromatic heterocycles. The number of hydrogen-bond donors (Lipinski definition) is 6. The van der Waals surface area contributed by atoms with E-state index in [4.69, 9.17) is 8.37 Å². The van der Waals surface area contributed by atoms with Crippen LogP contribution < -0.4 is 13.7 Å². The molecule has 0 saturated heterocycles. The molecular formula is C33H25CuN5O11S3. The van der Waals surface area contributed by atoms with Gasteiger partial charge >= 0.3 is 22.7 Å². The minimum absolute atomic E-state index is 0. The summed E-state index contributed by atoms with van der Waals surface area (Å²) in [4.78, 5) is -0.720. The maximum atomic E-state index is 12.4. The zero-order valence-corrected chi connectivity index (χ0v) is 30.1. The largest absolute Gasteiger partial charge is 0.506 e. The summed E-state index contributed by atoms with van der Waals surface area (Å²) >= 11 is -5.41. The Morgan fingerprint density at radius 3 is 2.08 bits per heavy atom. The first-order valence-corrected chi connectivity index (χ1v) is 18.2. The molecule has 20 heteroatoms. The SMILES string of the molecule is Cc1cc(N=Nc2c(S(=O)(=O)O)cc3cc(Nc4ccccc4)ccc3c2O)c(O)cc1N=Nc1cc(OS(=O)O)c2cccc(OS(=O)O)c2c1.[Cu]. The van der Waals surface area contributed by atoms with Crippen LogP contribution in [0.3, 0.4) is 0 Å². The van der Waals surface area contributed by atoms with Crippen LogP contribution in [0.2, 0.25) is 0 Å². The normalized spacial score (nSPS) is 12.9. The Bertz CT molecular complexity index is 2590. The molecule has 2 unspecified atom stereocenters. The van der Waals surface area contributed by atoms with Crippen molar-refractivity contribution in [1.29, 1.82) is 0 Å². The Morgan fingerprint density at radius 1 is 0.679 bits per heavy atom. The zero-order chi connectivity index (χ0) is 37.2. The van der Waals surface area contributed by atoms with Crippen molar-refractivity contribution in [1.82, 2.24) is 0 Å². The number of para-hydroxylation sites is 1. The predicted octanol–water partition coefficient (Wildman–Crippen LogP) is 8.56. The zero-order valence-electron chi connectivity index (χ0n) is 26.7. The van der Waals surface area contributed by atoms with Crippen LogP contribution in [0.15, 0.2) is 122 Å². The molecule has 0 aliphatic carbocycles.